The van der Waals surface area contributed by atoms with Crippen molar-refractivity contribution in [3.8, 4) is 11.3 Å². The Morgan fingerprint density at radius 1 is 1.24 bits per heavy atom. The summed E-state index contributed by atoms with van der Waals surface area (Å²) >= 11 is 0. The van der Waals surface area contributed by atoms with Crippen molar-refractivity contribution in [2.75, 3.05) is 13.1 Å². The zero-order chi connectivity index (χ0) is 14.7. The van der Waals surface area contributed by atoms with Crippen LogP contribution in [0.5, 0.6) is 0 Å². The fraction of sp³-hybridized carbons (Fsp3) is 0.294. The minimum Gasteiger partial charge on any atom is -0.366 e. The molecule has 2 aromatic rings. The zero-order valence-corrected chi connectivity index (χ0v) is 11.9. The maximum absolute atomic E-state index is 11.3. The number of primary amides is 1. The fourth-order valence-electron chi connectivity index (χ4n) is 2.78. The van der Waals surface area contributed by atoms with Crippen molar-refractivity contribution < 1.29 is 4.79 Å². The summed E-state index contributed by atoms with van der Waals surface area (Å²) in [5.41, 5.74) is 8.79. The first kappa shape index (κ1) is 13.8. The monoisotopic (exact) mass is 281 g/mol. The van der Waals surface area contributed by atoms with Crippen LogP contribution in [0.3, 0.4) is 0 Å². The molecule has 1 atom stereocenters. The lowest BCUT2D eigenvalue weighted by atomic mass is 9.95. The van der Waals surface area contributed by atoms with Crippen molar-refractivity contribution in [3.63, 3.8) is 0 Å². The number of aromatic nitrogens is 1. The first-order chi connectivity index (χ1) is 10.2. The number of amides is 1. The molecule has 3 N–H and O–H groups in total. The van der Waals surface area contributed by atoms with Gasteiger partial charge in [0.25, 0.3) is 0 Å². The number of benzene rings is 1. The normalized spacial score (nSPS) is 18.4. The third-order valence-corrected chi connectivity index (χ3v) is 3.93. The highest BCUT2D eigenvalue weighted by atomic mass is 16.1. The van der Waals surface area contributed by atoms with Gasteiger partial charge in [-0.05, 0) is 43.7 Å². The van der Waals surface area contributed by atoms with Gasteiger partial charge in [-0.3, -0.25) is 9.78 Å². The predicted octanol–water partition coefficient (Wildman–Crippen LogP) is 2.31. The molecule has 0 radical (unpaired) electrons. The second kappa shape index (κ2) is 6.06. The highest BCUT2D eigenvalue weighted by Crippen LogP contribution is 2.25. The van der Waals surface area contributed by atoms with Gasteiger partial charge < -0.3 is 11.1 Å². The standard InChI is InChI=1S/C17H19N3O/c18-17(21)13-5-1-4-12(10-13)15-7-2-8-16(20-15)14-6-3-9-19-11-14/h1-2,4-5,7-8,10,14,19H,3,6,9,11H2,(H2,18,21)/t14-/m1/s1. The van der Waals surface area contributed by atoms with E-state index in [9.17, 15) is 4.79 Å². The van der Waals surface area contributed by atoms with Crippen molar-refractivity contribution in [2.24, 2.45) is 5.73 Å². The third-order valence-electron chi connectivity index (χ3n) is 3.93. The van der Waals surface area contributed by atoms with Crippen molar-refractivity contribution in [1.82, 2.24) is 10.3 Å². The van der Waals surface area contributed by atoms with Gasteiger partial charge in [0.15, 0.2) is 0 Å². The van der Waals surface area contributed by atoms with Gasteiger partial charge in [0.1, 0.15) is 0 Å². The van der Waals surface area contributed by atoms with E-state index in [1.807, 2.05) is 24.3 Å². The molecule has 3 rings (SSSR count). The molecular weight excluding hydrogens is 262 g/mol. The van der Waals surface area contributed by atoms with Gasteiger partial charge in [-0.15, -0.1) is 0 Å². The molecule has 108 valence electrons. The smallest absolute Gasteiger partial charge is 0.248 e. The van der Waals surface area contributed by atoms with Crippen LogP contribution in [0.2, 0.25) is 0 Å². The van der Waals surface area contributed by atoms with Crippen molar-refractivity contribution >= 4 is 5.91 Å². The molecule has 0 saturated carbocycles. The Hall–Kier alpha value is -2.20. The molecule has 1 aromatic carbocycles. The van der Waals surface area contributed by atoms with Crippen LogP contribution < -0.4 is 11.1 Å². The van der Waals surface area contributed by atoms with Gasteiger partial charge in [0.05, 0.1) is 5.69 Å². The number of piperidine rings is 1. The van der Waals surface area contributed by atoms with Crippen molar-refractivity contribution in [2.45, 2.75) is 18.8 Å². The molecule has 1 aromatic heterocycles. The maximum atomic E-state index is 11.3. The summed E-state index contributed by atoms with van der Waals surface area (Å²) < 4.78 is 0. The number of hydrogen-bond donors (Lipinski definition) is 2. The van der Waals surface area contributed by atoms with Crippen LogP contribution in [-0.4, -0.2) is 24.0 Å². The highest BCUT2D eigenvalue weighted by Gasteiger charge is 2.16. The van der Waals surface area contributed by atoms with E-state index in [-0.39, 0.29) is 0 Å². The summed E-state index contributed by atoms with van der Waals surface area (Å²) in [6.07, 6.45) is 2.36. The van der Waals surface area contributed by atoms with Crippen LogP contribution in [0, 0.1) is 0 Å². The first-order valence-electron chi connectivity index (χ1n) is 7.32. The van der Waals surface area contributed by atoms with E-state index < -0.39 is 5.91 Å². The molecular formula is C17H19N3O. The Kier molecular flexibility index (Phi) is 3.97. The Labute approximate surface area is 124 Å². The van der Waals surface area contributed by atoms with E-state index in [0.717, 1.165) is 30.0 Å². The van der Waals surface area contributed by atoms with Crippen LogP contribution in [-0.2, 0) is 0 Å². The number of hydrogen-bond acceptors (Lipinski definition) is 3. The summed E-state index contributed by atoms with van der Waals surface area (Å²) in [6, 6.07) is 13.4. The number of rotatable bonds is 3. The molecule has 1 fully saturated rings. The van der Waals surface area contributed by atoms with Crippen LogP contribution in [0.4, 0.5) is 0 Å². The van der Waals surface area contributed by atoms with Gasteiger partial charge in [0.2, 0.25) is 5.91 Å². The minimum absolute atomic E-state index is 0.413. The first-order valence-corrected chi connectivity index (χ1v) is 7.32. The Morgan fingerprint density at radius 3 is 2.86 bits per heavy atom. The van der Waals surface area contributed by atoms with Crippen LogP contribution in [0.15, 0.2) is 42.5 Å². The molecule has 0 aliphatic carbocycles. The maximum Gasteiger partial charge on any atom is 0.248 e. The summed E-state index contributed by atoms with van der Waals surface area (Å²) in [5.74, 6) is 0.0579. The Bertz CT molecular complexity index is 648. The average Bonchev–Trinajstić information content (AvgIpc) is 2.56. The third kappa shape index (κ3) is 3.11. The van der Waals surface area contributed by atoms with Crippen LogP contribution in [0.25, 0.3) is 11.3 Å². The van der Waals surface area contributed by atoms with E-state index in [0.29, 0.717) is 11.5 Å². The van der Waals surface area contributed by atoms with E-state index in [2.05, 4.69) is 11.4 Å². The molecule has 0 unspecified atom stereocenters. The lowest BCUT2D eigenvalue weighted by Gasteiger charge is -2.22. The molecule has 1 saturated heterocycles. The zero-order valence-electron chi connectivity index (χ0n) is 11.9. The van der Waals surface area contributed by atoms with E-state index in [1.54, 1.807) is 12.1 Å². The van der Waals surface area contributed by atoms with Gasteiger partial charge in [-0.1, -0.05) is 18.2 Å². The van der Waals surface area contributed by atoms with Gasteiger partial charge in [0, 0.05) is 29.3 Å². The molecule has 1 amide bonds. The lowest BCUT2D eigenvalue weighted by molar-refractivity contribution is 0.100. The highest BCUT2D eigenvalue weighted by molar-refractivity contribution is 5.93. The molecule has 4 heteroatoms. The molecule has 21 heavy (non-hydrogen) atoms. The van der Waals surface area contributed by atoms with Gasteiger partial charge in [-0.25, -0.2) is 0 Å². The van der Waals surface area contributed by atoms with E-state index in [1.165, 1.54) is 12.8 Å². The molecule has 1 aliphatic heterocycles. The molecule has 4 nitrogen and oxygen atoms in total. The quantitative estimate of drug-likeness (QED) is 0.907. The van der Waals surface area contributed by atoms with E-state index in [4.69, 9.17) is 10.7 Å². The lowest BCUT2D eigenvalue weighted by Crippen LogP contribution is -2.28. The molecule has 2 heterocycles. The topological polar surface area (TPSA) is 68.0 Å². The number of nitrogens with two attached hydrogens (primary N) is 1. The summed E-state index contributed by atoms with van der Waals surface area (Å²) in [7, 11) is 0. The number of carbonyl (C=O) groups is 1. The summed E-state index contributed by atoms with van der Waals surface area (Å²) in [6.45, 7) is 2.08. The molecule has 1 aliphatic rings. The van der Waals surface area contributed by atoms with Gasteiger partial charge >= 0.3 is 0 Å². The fourth-order valence-corrected chi connectivity index (χ4v) is 2.78. The number of carbonyl (C=O) groups excluding carboxylic acids is 1. The second-order valence-corrected chi connectivity index (χ2v) is 5.44. The van der Waals surface area contributed by atoms with Crippen LogP contribution >= 0.6 is 0 Å². The van der Waals surface area contributed by atoms with E-state index >= 15 is 0 Å². The molecule has 0 spiro atoms. The summed E-state index contributed by atoms with van der Waals surface area (Å²) in [5, 5.41) is 3.42. The average molecular weight is 281 g/mol. The summed E-state index contributed by atoms with van der Waals surface area (Å²) in [4.78, 5) is 16.1. The molecule has 0 bridgehead atoms. The van der Waals surface area contributed by atoms with Crippen LogP contribution in [0.1, 0.15) is 34.8 Å². The SMILES string of the molecule is NC(=O)c1cccc(-c2cccc([C@@H]3CCCNC3)n2)c1. The number of nitrogens with zero attached hydrogens (tertiary/aromatic N) is 1. The van der Waals surface area contributed by atoms with Crippen molar-refractivity contribution in [3.05, 3.63) is 53.7 Å². The van der Waals surface area contributed by atoms with Crippen molar-refractivity contribution in [1.29, 1.82) is 0 Å². The Morgan fingerprint density at radius 2 is 2.10 bits per heavy atom. The second-order valence-electron chi connectivity index (χ2n) is 5.44. The Balaban J connectivity index is 1.92. The predicted molar refractivity (Wildman–Crippen MR) is 83.0 cm³/mol. The number of pyridine rings is 1. The largest absolute Gasteiger partial charge is 0.366 e. The minimum atomic E-state index is -0.413. The number of nitrogens with one attached hydrogen (secondary N) is 1. The van der Waals surface area contributed by atoms with Gasteiger partial charge in [-0.2, -0.15) is 0 Å².